The molecule has 98 valence electrons. The van der Waals surface area contributed by atoms with Crippen LogP contribution in [0.5, 0.6) is 0 Å². The molecule has 0 bridgehead atoms. The SMILES string of the molecule is CCOC(=O)c1ccc(NCCC(=O)OC)cc1. The highest BCUT2D eigenvalue weighted by molar-refractivity contribution is 5.89. The molecule has 1 aromatic rings. The highest BCUT2D eigenvalue weighted by Crippen LogP contribution is 2.10. The van der Waals surface area contributed by atoms with E-state index in [1.165, 1.54) is 7.11 Å². The first kappa shape index (κ1) is 14.0. The van der Waals surface area contributed by atoms with Crippen LogP contribution in [0.15, 0.2) is 24.3 Å². The first-order valence-corrected chi connectivity index (χ1v) is 5.75. The van der Waals surface area contributed by atoms with Crippen molar-refractivity contribution in [1.82, 2.24) is 0 Å². The van der Waals surface area contributed by atoms with E-state index < -0.39 is 0 Å². The summed E-state index contributed by atoms with van der Waals surface area (Å²) in [5.41, 5.74) is 1.35. The first-order valence-electron chi connectivity index (χ1n) is 5.75. The highest BCUT2D eigenvalue weighted by Gasteiger charge is 2.05. The molecule has 5 heteroatoms. The molecular formula is C13H17NO4. The molecule has 0 spiro atoms. The summed E-state index contributed by atoms with van der Waals surface area (Å²) in [6, 6.07) is 6.89. The second kappa shape index (κ2) is 7.32. The van der Waals surface area contributed by atoms with E-state index in [-0.39, 0.29) is 11.9 Å². The minimum atomic E-state index is -0.335. The van der Waals surface area contributed by atoms with Gasteiger partial charge in [-0.3, -0.25) is 4.79 Å². The smallest absolute Gasteiger partial charge is 0.338 e. The van der Waals surface area contributed by atoms with E-state index in [2.05, 4.69) is 10.1 Å². The average Bonchev–Trinajstić information content (AvgIpc) is 2.39. The standard InChI is InChI=1S/C13H17NO4/c1-3-18-13(16)10-4-6-11(7-5-10)14-9-8-12(15)17-2/h4-7,14H,3,8-9H2,1-2H3. The minimum absolute atomic E-state index is 0.259. The quantitative estimate of drug-likeness (QED) is 0.781. The van der Waals surface area contributed by atoms with E-state index in [0.717, 1.165) is 5.69 Å². The van der Waals surface area contributed by atoms with Crippen molar-refractivity contribution in [2.24, 2.45) is 0 Å². The number of rotatable bonds is 6. The number of hydrogen-bond donors (Lipinski definition) is 1. The topological polar surface area (TPSA) is 64.6 Å². The van der Waals surface area contributed by atoms with E-state index in [4.69, 9.17) is 4.74 Å². The van der Waals surface area contributed by atoms with Crippen molar-refractivity contribution < 1.29 is 19.1 Å². The fraction of sp³-hybridized carbons (Fsp3) is 0.385. The fourth-order valence-electron chi connectivity index (χ4n) is 1.35. The Morgan fingerprint density at radius 3 is 2.44 bits per heavy atom. The number of methoxy groups -OCH3 is 1. The van der Waals surface area contributed by atoms with E-state index >= 15 is 0 Å². The third-order valence-corrected chi connectivity index (χ3v) is 2.28. The molecule has 0 unspecified atom stereocenters. The first-order chi connectivity index (χ1) is 8.67. The van der Waals surface area contributed by atoms with E-state index in [1.54, 1.807) is 31.2 Å². The van der Waals surface area contributed by atoms with Crippen LogP contribution in [0, 0.1) is 0 Å². The maximum absolute atomic E-state index is 11.4. The summed E-state index contributed by atoms with van der Waals surface area (Å²) < 4.78 is 9.40. The lowest BCUT2D eigenvalue weighted by atomic mass is 10.2. The second-order valence-electron chi connectivity index (χ2n) is 3.55. The molecule has 0 saturated heterocycles. The highest BCUT2D eigenvalue weighted by atomic mass is 16.5. The number of anilines is 1. The monoisotopic (exact) mass is 251 g/mol. The summed E-state index contributed by atoms with van der Waals surface area (Å²) in [5, 5.41) is 3.06. The summed E-state index contributed by atoms with van der Waals surface area (Å²) in [6.07, 6.45) is 0.302. The normalized spacial score (nSPS) is 9.67. The lowest BCUT2D eigenvalue weighted by molar-refractivity contribution is -0.140. The summed E-state index contributed by atoms with van der Waals surface area (Å²) in [7, 11) is 1.36. The molecule has 0 amide bonds. The number of hydrogen-bond acceptors (Lipinski definition) is 5. The van der Waals surface area contributed by atoms with Crippen LogP contribution >= 0.6 is 0 Å². The number of nitrogens with one attached hydrogen (secondary N) is 1. The van der Waals surface area contributed by atoms with Gasteiger partial charge in [0.15, 0.2) is 0 Å². The Labute approximate surface area is 106 Å². The lowest BCUT2D eigenvalue weighted by Crippen LogP contribution is -2.10. The van der Waals surface area contributed by atoms with E-state index in [0.29, 0.717) is 25.1 Å². The zero-order valence-corrected chi connectivity index (χ0v) is 10.6. The third-order valence-electron chi connectivity index (χ3n) is 2.28. The van der Waals surface area contributed by atoms with Crippen LogP contribution in [-0.4, -0.2) is 32.2 Å². The maximum Gasteiger partial charge on any atom is 0.338 e. The molecule has 0 saturated carbocycles. The van der Waals surface area contributed by atoms with Gasteiger partial charge in [-0.25, -0.2) is 4.79 Å². The van der Waals surface area contributed by atoms with E-state index in [1.807, 2.05) is 0 Å². The zero-order chi connectivity index (χ0) is 13.4. The molecular weight excluding hydrogens is 234 g/mol. The van der Waals surface area contributed by atoms with Gasteiger partial charge >= 0.3 is 11.9 Å². The van der Waals surface area contributed by atoms with Crippen LogP contribution in [-0.2, 0) is 14.3 Å². The summed E-state index contributed by atoms with van der Waals surface area (Å²) in [5.74, 6) is -0.593. The van der Waals surface area contributed by atoms with Gasteiger partial charge in [0.05, 0.1) is 25.7 Å². The van der Waals surface area contributed by atoms with Crippen LogP contribution in [0.3, 0.4) is 0 Å². The Morgan fingerprint density at radius 1 is 1.22 bits per heavy atom. The number of carbonyl (C=O) groups excluding carboxylic acids is 2. The molecule has 18 heavy (non-hydrogen) atoms. The molecule has 0 fully saturated rings. The zero-order valence-electron chi connectivity index (χ0n) is 10.6. The summed E-state index contributed by atoms with van der Waals surface area (Å²) in [6.45, 7) is 2.62. The fourth-order valence-corrected chi connectivity index (χ4v) is 1.35. The average molecular weight is 251 g/mol. The molecule has 1 rings (SSSR count). The van der Waals surface area contributed by atoms with Gasteiger partial charge in [-0.15, -0.1) is 0 Å². The Hall–Kier alpha value is -2.04. The van der Waals surface area contributed by atoms with Gasteiger partial charge in [-0.1, -0.05) is 0 Å². The molecule has 0 aromatic heterocycles. The predicted octanol–water partition coefficient (Wildman–Crippen LogP) is 1.84. The summed E-state index contributed by atoms with van der Waals surface area (Å²) >= 11 is 0. The van der Waals surface area contributed by atoms with Crippen molar-refractivity contribution in [3.8, 4) is 0 Å². The van der Waals surface area contributed by atoms with Crippen LogP contribution in [0.1, 0.15) is 23.7 Å². The molecule has 1 N–H and O–H groups in total. The number of ether oxygens (including phenoxy) is 2. The molecule has 0 aliphatic rings. The molecule has 0 aliphatic carbocycles. The Kier molecular flexibility index (Phi) is 5.70. The van der Waals surface area contributed by atoms with Gasteiger partial charge in [-0.05, 0) is 31.2 Å². The van der Waals surface area contributed by atoms with Gasteiger partial charge in [0.2, 0.25) is 0 Å². The van der Waals surface area contributed by atoms with Crippen molar-refractivity contribution in [3.63, 3.8) is 0 Å². The van der Waals surface area contributed by atoms with Gasteiger partial charge < -0.3 is 14.8 Å². The molecule has 0 radical (unpaired) electrons. The van der Waals surface area contributed by atoms with Crippen LogP contribution < -0.4 is 5.32 Å². The Morgan fingerprint density at radius 2 is 1.89 bits per heavy atom. The Bertz CT molecular complexity index is 400. The molecule has 1 aromatic carbocycles. The number of carbonyl (C=O) groups is 2. The predicted molar refractivity (Wildman–Crippen MR) is 67.5 cm³/mol. The second-order valence-corrected chi connectivity index (χ2v) is 3.55. The van der Waals surface area contributed by atoms with Gasteiger partial charge in [0, 0.05) is 12.2 Å². The van der Waals surface area contributed by atoms with Crippen molar-refractivity contribution in [1.29, 1.82) is 0 Å². The Balaban J connectivity index is 2.45. The largest absolute Gasteiger partial charge is 0.469 e. The van der Waals surface area contributed by atoms with Crippen molar-refractivity contribution in [2.75, 3.05) is 25.6 Å². The lowest BCUT2D eigenvalue weighted by Gasteiger charge is -2.06. The molecule has 0 atom stereocenters. The molecule has 5 nitrogen and oxygen atoms in total. The maximum atomic E-state index is 11.4. The van der Waals surface area contributed by atoms with Gasteiger partial charge in [0.1, 0.15) is 0 Å². The van der Waals surface area contributed by atoms with Crippen molar-refractivity contribution >= 4 is 17.6 Å². The third kappa shape index (κ3) is 4.45. The minimum Gasteiger partial charge on any atom is -0.469 e. The van der Waals surface area contributed by atoms with E-state index in [9.17, 15) is 9.59 Å². The summed E-state index contributed by atoms with van der Waals surface area (Å²) in [4.78, 5) is 22.3. The van der Waals surface area contributed by atoms with Crippen molar-refractivity contribution in [3.05, 3.63) is 29.8 Å². The number of benzene rings is 1. The van der Waals surface area contributed by atoms with Crippen molar-refractivity contribution in [2.45, 2.75) is 13.3 Å². The van der Waals surface area contributed by atoms with Gasteiger partial charge in [-0.2, -0.15) is 0 Å². The van der Waals surface area contributed by atoms with Crippen LogP contribution in [0.25, 0.3) is 0 Å². The molecule has 0 aliphatic heterocycles. The van der Waals surface area contributed by atoms with Crippen LogP contribution in [0.4, 0.5) is 5.69 Å². The molecule has 0 heterocycles. The van der Waals surface area contributed by atoms with Gasteiger partial charge in [0.25, 0.3) is 0 Å². The van der Waals surface area contributed by atoms with Crippen LogP contribution in [0.2, 0.25) is 0 Å². The number of esters is 2.